The lowest BCUT2D eigenvalue weighted by atomic mass is 10.3. The van der Waals surface area contributed by atoms with Crippen LogP contribution in [0.1, 0.15) is 18.4 Å². The third kappa shape index (κ3) is 2.29. The van der Waals surface area contributed by atoms with E-state index in [1.165, 1.54) is 0 Å². The first-order valence-corrected chi connectivity index (χ1v) is 6.79. The third-order valence-electron chi connectivity index (χ3n) is 3.00. The molecule has 3 N–H and O–H groups in total. The van der Waals surface area contributed by atoms with Crippen molar-refractivity contribution in [2.75, 3.05) is 11.1 Å². The number of aromatic nitrogens is 2. The van der Waals surface area contributed by atoms with Gasteiger partial charge in [0.2, 0.25) is 0 Å². The molecule has 6 heteroatoms. The van der Waals surface area contributed by atoms with E-state index in [1.54, 1.807) is 4.68 Å². The maximum absolute atomic E-state index is 9.21. The van der Waals surface area contributed by atoms with E-state index in [0.717, 1.165) is 23.0 Å². The van der Waals surface area contributed by atoms with Crippen molar-refractivity contribution in [2.45, 2.75) is 18.9 Å². The van der Waals surface area contributed by atoms with Crippen LogP contribution in [0, 0.1) is 11.3 Å². The van der Waals surface area contributed by atoms with Gasteiger partial charge in [-0.3, -0.25) is 0 Å². The first kappa shape index (κ1) is 12.1. The molecular weight excluding hydrogens is 306 g/mol. The predicted molar refractivity (Wildman–Crippen MR) is 77.0 cm³/mol. The molecule has 2 aromatic rings. The fourth-order valence-electron chi connectivity index (χ4n) is 1.87. The van der Waals surface area contributed by atoms with E-state index in [1.807, 2.05) is 24.3 Å². The molecule has 0 radical (unpaired) electrons. The average Bonchev–Trinajstić information content (AvgIpc) is 3.14. The summed E-state index contributed by atoms with van der Waals surface area (Å²) in [4.78, 5) is 0. The van der Waals surface area contributed by atoms with Crippen LogP contribution in [-0.2, 0) is 0 Å². The van der Waals surface area contributed by atoms with Gasteiger partial charge < -0.3 is 11.1 Å². The molecule has 19 heavy (non-hydrogen) atoms. The van der Waals surface area contributed by atoms with Crippen LogP contribution in [0.25, 0.3) is 5.69 Å². The lowest BCUT2D eigenvalue weighted by molar-refractivity contribution is 0.886. The molecule has 0 atom stereocenters. The number of nitrogens with two attached hydrogens (primary N) is 1. The number of nitriles is 1. The summed E-state index contributed by atoms with van der Waals surface area (Å²) < 4.78 is 2.53. The zero-order valence-electron chi connectivity index (χ0n) is 10.1. The molecule has 5 nitrogen and oxygen atoms in total. The van der Waals surface area contributed by atoms with Crippen LogP contribution in [0.5, 0.6) is 0 Å². The molecule has 96 valence electrons. The molecule has 1 heterocycles. The Kier molecular flexibility index (Phi) is 2.91. The van der Waals surface area contributed by atoms with Gasteiger partial charge in [-0.1, -0.05) is 22.0 Å². The fraction of sp³-hybridized carbons (Fsp3) is 0.231. The maximum Gasteiger partial charge on any atom is 0.168 e. The lowest BCUT2D eigenvalue weighted by Gasteiger charge is -2.03. The van der Waals surface area contributed by atoms with Crippen molar-refractivity contribution in [3.05, 3.63) is 34.3 Å². The summed E-state index contributed by atoms with van der Waals surface area (Å²) in [6, 6.07) is 10.2. The summed E-state index contributed by atoms with van der Waals surface area (Å²) in [7, 11) is 0. The van der Waals surface area contributed by atoms with Gasteiger partial charge in [-0.15, -0.1) is 5.10 Å². The monoisotopic (exact) mass is 317 g/mol. The minimum Gasteiger partial charge on any atom is -0.382 e. The molecule has 0 amide bonds. The van der Waals surface area contributed by atoms with Crippen molar-refractivity contribution in [1.82, 2.24) is 9.78 Å². The SMILES string of the molecule is N#Cc1c(NC2CC2)nn(-c2cccc(Br)c2)c1N. The molecule has 0 bridgehead atoms. The number of hydrogen-bond donors (Lipinski definition) is 2. The Morgan fingerprint density at radius 3 is 2.89 bits per heavy atom. The third-order valence-corrected chi connectivity index (χ3v) is 3.50. The van der Waals surface area contributed by atoms with Crippen LogP contribution in [0.15, 0.2) is 28.7 Å². The predicted octanol–water partition coefficient (Wildman–Crippen LogP) is 2.66. The summed E-state index contributed by atoms with van der Waals surface area (Å²) in [5.74, 6) is 0.936. The van der Waals surface area contributed by atoms with Crippen molar-refractivity contribution in [3.8, 4) is 11.8 Å². The topological polar surface area (TPSA) is 79.7 Å². The Balaban J connectivity index is 2.06. The summed E-state index contributed by atoms with van der Waals surface area (Å²) in [5.41, 5.74) is 7.25. The number of hydrogen-bond acceptors (Lipinski definition) is 4. The lowest BCUT2D eigenvalue weighted by Crippen LogP contribution is -2.04. The van der Waals surface area contributed by atoms with Gasteiger partial charge in [-0.2, -0.15) is 5.26 Å². The molecule has 0 aliphatic heterocycles. The Hall–Kier alpha value is -2.00. The molecule has 1 aliphatic rings. The van der Waals surface area contributed by atoms with Gasteiger partial charge >= 0.3 is 0 Å². The molecule has 0 spiro atoms. The molecule has 0 saturated heterocycles. The van der Waals surface area contributed by atoms with Gasteiger partial charge in [0.25, 0.3) is 0 Å². The smallest absolute Gasteiger partial charge is 0.168 e. The molecule has 3 rings (SSSR count). The second-order valence-electron chi connectivity index (χ2n) is 4.53. The number of nitrogen functional groups attached to an aromatic ring is 1. The van der Waals surface area contributed by atoms with Gasteiger partial charge in [0, 0.05) is 10.5 Å². The Labute approximate surface area is 119 Å². The van der Waals surface area contributed by atoms with E-state index >= 15 is 0 Å². The van der Waals surface area contributed by atoms with Crippen LogP contribution in [0.3, 0.4) is 0 Å². The van der Waals surface area contributed by atoms with E-state index in [2.05, 4.69) is 32.4 Å². The highest BCUT2D eigenvalue weighted by Gasteiger charge is 2.25. The first-order chi connectivity index (χ1) is 9.19. The highest BCUT2D eigenvalue weighted by Crippen LogP contribution is 2.30. The van der Waals surface area contributed by atoms with Crippen molar-refractivity contribution in [3.63, 3.8) is 0 Å². The number of nitrogens with zero attached hydrogens (tertiary/aromatic N) is 3. The van der Waals surface area contributed by atoms with Crippen LogP contribution >= 0.6 is 15.9 Å². The van der Waals surface area contributed by atoms with Gasteiger partial charge in [0.15, 0.2) is 5.82 Å². The highest BCUT2D eigenvalue weighted by atomic mass is 79.9. The maximum atomic E-state index is 9.21. The van der Waals surface area contributed by atoms with E-state index in [4.69, 9.17) is 5.73 Å². The number of halogens is 1. The Morgan fingerprint density at radius 2 is 2.26 bits per heavy atom. The van der Waals surface area contributed by atoms with Crippen molar-refractivity contribution in [2.24, 2.45) is 0 Å². The summed E-state index contributed by atoms with van der Waals surface area (Å²) in [5, 5.41) is 16.9. The first-order valence-electron chi connectivity index (χ1n) is 6.00. The molecule has 1 aromatic heterocycles. The molecule has 1 aliphatic carbocycles. The number of rotatable bonds is 3. The average molecular weight is 318 g/mol. The zero-order valence-corrected chi connectivity index (χ0v) is 11.7. The van der Waals surface area contributed by atoms with Gasteiger partial charge in [0.05, 0.1) is 5.69 Å². The van der Waals surface area contributed by atoms with Crippen molar-refractivity contribution in [1.29, 1.82) is 5.26 Å². The van der Waals surface area contributed by atoms with Gasteiger partial charge in [-0.25, -0.2) is 4.68 Å². The summed E-state index contributed by atoms with van der Waals surface area (Å²) in [6.07, 6.45) is 2.24. The minimum absolute atomic E-state index is 0.365. The molecule has 1 saturated carbocycles. The Morgan fingerprint density at radius 1 is 1.47 bits per heavy atom. The van der Waals surface area contributed by atoms with E-state index < -0.39 is 0 Å². The second kappa shape index (κ2) is 4.59. The van der Waals surface area contributed by atoms with Crippen LogP contribution in [0.4, 0.5) is 11.6 Å². The Bertz CT molecular complexity index is 666. The largest absolute Gasteiger partial charge is 0.382 e. The van der Waals surface area contributed by atoms with E-state index in [-0.39, 0.29) is 0 Å². The summed E-state index contributed by atoms with van der Waals surface area (Å²) in [6.45, 7) is 0. The van der Waals surface area contributed by atoms with Crippen LogP contribution in [0.2, 0.25) is 0 Å². The number of benzene rings is 1. The van der Waals surface area contributed by atoms with Crippen LogP contribution in [-0.4, -0.2) is 15.8 Å². The molecule has 0 unspecified atom stereocenters. The van der Waals surface area contributed by atoms with E-state index in [9.17, 15) is 5.26 Å². The molecule has 1 aromatic carbocycles. The van der Waals surface area contributed by atoms with Crippen molar-refractivity contribution >= 4 is 27.6 Å². The second-order valence-corrected chi connectivity index (χ2v) is 5.45. The quantitative estimate of drug-likeness (QED) is 0.912. The zero-order chi connectivity index (χ0) is 13.4. The molecule has 1 fully saturated rings. The number of nitrogens with one attached hydrogen (secondary N) is 1. The number of anilines is 2. The molecular formula is C13H12BrN5. The fourth-order valence-corrected chi connectivity index (χ4v) is 2.26. The van der Waals surface area contributed by atoms with E-state index in [0.29, 0.717) is 23.2 Å². The van der Waals surface area contributed by atoms with Gasteiger partial charge in [0.1, 0.15) is 17.5 Å². The summed E-state index contributed by atoms with van der Waals surface area (Å²) >= 11 is 3.41. The minimum atomic E-state index is 0.365. The normalized spacial score (nSPS) is 14.1. The van der Waals surface area contributed by atoms with Crippen LogP contribution < -0.4 is 11.1 Å². The van der Waals surface area contributed by atoms with Crippen molar-refractivity contribution < 1.29 is 0 Å². The standard InChI is InChI=1S/C13H12BrN5/c14-8-2-1-3-10(6-8)19-12(16)11(7-15)13(18-19)17-9-4-5-9/h1-3,6,9H,4-5,16H2,(H,17,18). The van der Waals surface area contributed by atoms with Gasteiger partial charge in [-0.05, 0) is 31.0 Å². The highest BCUT2D eigenvalue weighted by molar-refractivity contribution is 9.10.